The lowest BCUT2D eigenvalue weighted by atomic mass is 10.2. The van der Waals surface area contributed by atoms with Crippen LogP contribution < -0.4 is 20.4 Å². The first-order chi connectivity index (χ1) is 17.6. The molecule has 37 heavy (non-hydrogen) atoms. The van der Waals surface area contributed by atoms with E-state index in [0.717, 1.165) is 11.1 Å². The molecule has 0 atom stereocenters. The quantitative estimate of drug-likeness (QED) is 0.286. The summed E-state index contributed by atoms with van der Waals surface area (Å²) in [6.45, 7) is 0.708. The maximum absolute atomic E-state index is 11.0. The Hall–Kier alpha value is -3.33. The van der Waals surface area contributed by atoms with Crippen molar-refractivity contribution in [2.75, 3.05) is 23.0 Å². The van der Waals surface area contributed by atoms with Gasteiger partial charge in [-0.15, -0.1) is 0 Å². The number of aromatic nitrogens is 3. The van der Waals surface area contributed by atoms with Crippen molar-refractivity contribution in [3.63, 3.8) is 0 Å². The summed E-state index contributed by atoms with van der Waals surface area (Å²) in [6, 6.07) is 3.57. The largest absolute Gasteiger partial charge is 0.435 e. The standard InChI is InChI=1S/C23H24N4O8S2/c28-36(29,30)13-3-11-26-9-1-5-18-20(26)24-22(34-18)16-7-8-17(15-16)23-25-21-19(35-23)6-2-10-27(21)12-4-14-37(31,32)33/h1-2,5-6,9-10,15H,3-4,7-8,11-14H2,(H-,28,29,30,31,32,33)/p+1. The van der Waals surface area contributed by atoms with Crippen molar-refractivity contribution in [1.82, 2.24) is 9.97 Å². The van der Waals surface area contributed by atoms with E-state index in [4.69, 9.17) is 17.9 Å². The third kappa shape index (κ3) is 5.98. The van der Waals surface area contributed by atoms with Crippen LogP contribution in [-0.4, -0.2) is 54.0 Å². The Balaban J connectivity index is 1.39. The molecule has 1 aliphatic carbocycles. The number of aryl methyl sites for hydroxylation is 1. The molecule has 0 unspecified atom stereocenters. The average Bonchev–Trinajstić information content (AvgIpc) is 3.55. The molecule has 3 aromatic rings. The number of oxazole rings is 2. The number of nitrogens with zero attached hydrogens (tertiary/aromatic N) is 4. The van der Waals surface area contributed by atoms with E-state index in [9.17, 15) is 16.8 Å². The predicted molar refractivity (Wildman–Crippen MR) is 134 cm³/mol. The molecule has 5 rings (SSSR count). The molecule has 12 nitrogen and oxygen atoms in total. The summed E-state index contributed by atoms with van der Waals surface area (Å²) in [5, 5.41) is 0. The SMILES string of the molecule is O=S(=O)(O)CCCN1C=CC=c2o/c(=C3\C=C(c4nc5c(ccc[n+]5CCCS(=O)(=O)O)o4)CC3)nc21. The van der Waals surface area contributed by atoms with E-state index in [1.807, 2.05) is 6.08 Å². The van der Waals surface area contributed by atoms with Gasteiger partial charge in [-0.3, -0.25) is 9.11 Å². The van der Waals surface area contributed by atoms with E-state index < -0.39 is 20.2 Å². The van der Waals surface area contributed by atoms with Gasteiger partial charge in [0.15, 0.2) is 11.2 Å². The number of pyridine rings is 1. The zero-order valence-electron chi connectivity index (χ0n) is 19.6. The molecule has 0 amide bonds. The second kappa shape index (κ2) is 9.85. The highest BCUT2D eigenvalue weighted by Crippen LogP contribution is 2.32. The van der Waals surface area contributed by atoms with Crippen LogP contribution in [0.3, 0.4) is 0 Å². The third-order valence-electron chi connectivity index (χ3n) is 6.00. The lowest BCUT2D eigenvalue weighted by molar-refractivity contribution is -0.673. The number of anilines is 1. The van der Waals surface area contributed by atoms with E-state index in [-0.39, 0.29) is 24.3 Å². The van der Waals surface area contributed by atoms with Gasteiger partial charge in [0.25, 0.3) is 20.2 Å². The van der Waals surface area contributed by atoms with Crippen LogP contribution in [-0.2, 0) is 26.8 Å². The average molecular weight is 550 g/mol. The highest BCUT2D eigenvalue weighted by atomic mass is 32.2. The second-order valence-electron chi connectivity index (χ2n) is 8.79. The van der Waals surface area contributed by atoms with Gasteiger partial charge in [-0.25, -0.2) is 4.57 Å². The fourth-order valence-corrected chi connectivity index (χ4v) is 5.31. The van der Waals surface area contributed by atoms with Crippen molar-refractivity contribution in [1.29, 1.82) is 0 Å². The molecule has 2 N–H and O–H groups in total. The Bertz CT molecular complexity index is 1750. The van der Waals surface area contributed by atoms with Gasteiger partial charge < -0.3 is 13.7 Å². The first kappa shape index (κ1) is 25.3. The first-order valence-electron chi connectivity index (χ1n) is 11.6. The molecule has 0 fully saturated rings. The maximum atomic E-state index is 11.0. The van der Waals surface area contributed by atoms with E-state index in [1.165, 1.54) is 0 Å². The zero-order valence-corrected chi connectivity index (χ0v) is 21.3. The molecular formula is C23H25N4O8S2+. The third-order valence-corrected chi connectivity index (χ3v) is 7.61. The number of hydrogen-bond donors (Lipinski definition) is 2. The highest BCUT2D eigenvalue weighted by molar-refractivity contribution is 7.86. The molecule has 0 spiro atoms. The molecule has 1 aliphatic heterocycles. The minimum absolute atomic E-state index is 0.235. The monoisotopic (exact) mass is 549 g/mol. The van der Waals surface area contributed by atoms with E-state index >= 15 is 0 Å². The number of fused-ring (bicyclic) bond motifs is 2. The molecule has 0 saturated carbocycles. The van der Waals surface area contributed by atoms with Crippen molar-refractivity contribution in [3.05, 3.63) is 53.5 Å². The number of allylic oxidation sites excluding steroid dienone is 3. The van der Waals surface area contributed by atoms with Gasteiger partial charge in [-0.05, 0) is 49.6 Å². The van der Waals surface area contributed by atoms with Crippen LogP contribution in [0.2, 0.25) is 0 Å². The minimum atomic E-state index is -4.03. The van der Waals surface area contributed by atoms with E-state index in [2.05, 4.69) is 9.97 Å². The van der Waals surface area contributed by atoms with Gasteiger partial charge in [0.05, 0.1) is 24.2 Å². The maximum Gasteiger partial charge on any atom is 0.370 e. The van der Waals surface area contributed by atoms with Crippen molar-refractivity contribution in [2.24, 2.45) is 0 Å². The zero-order chi connectivity index (χ0) is 26.2. The van der Waals surface area contributed by atoms with Gasteiger partial charge in [0, 0.05) is 35.3 Å². The Labute approximate surface area is 212 Å². The molecule has 0 radical (unpaired) electrons. The smallest absolute Gasteiger partial charge is 0.370 e. The summed E-state index contributed by atoms with van der Waals surface area (Å²) in [6.07, 6.45) is 10.9. The van der Waals surface area contributed by atoms with Gasteiger partial charge in [0.2, 0.25) is 11.1 Å². The van der Waals surface area contributed by atoms with Crippen LogP contribution in [0.15, 0.2) is 45.5 Å². The van der Waals surface area contributed by atoms with Crippen LogP contribution in [0.4, 0.5) is 5.82 Å². The van der Waals surface area contributed by atoms with E-state index in [0.29, 0.717) is 59.8 Å². The number of rotatable bonds is 9. The van der Waals surface area contributed by atoms with Gasteiger partial charge in [0.1, 0.15) is 0 Å². The summed E-state index contributed by atoms with van der Waals surface area (Å²) in [7, 11) is -8.06. The topological polar surface area (TPSA) is 168 Å². The Morgan fingerprint density at radius 3 is 2.59 bits per heavy atom. The lowest BCUT2D eigenvalue weighted by Crippen LogP contribution is -2.35. The van der Waals surface area contributed by atoms with Crippen LogP contribution in [0.5, 0.6) is 0 Å². The Kier molecular flexibility index (Phi) is 6.74. The molecule has 3 aromatic heterocycles. The Morgan fingerprint density at radius 1 is 1.03 bits per heavy atom. The van der Waals surface area contributed by atoms with Crippen LogP contribution >= 0.6 is 0 Å². The summed E-state index contributed by atoms with van der Waals surface area (Å²) in [5.74, 6) is 0.358. The summed E-state index contributed by atoms with van der Waals surface area (Å²) in [5.41, 5.74) is 3.90. The van der Waals surface area contributed by atoms with Crippen molar-refractivity contribution < 1.29 is 39.3 Å². The molecular weight excluding hydrogens is 524 g/mol. The fourth-order valence-electron chi connectivity index (χ4n) is 4.32. The van der Waals surface area contributed by atoms with Crippen molar-refractivity contribution in [2.45, 2.75) is 32.2 Å². The predicted octanol–water partition coefficient (Wildman–Crippen LogP) is 0.801. The molecule has 14 heteroatoms. The summed E-state index contributed by atoms with van der Waals surface area (Å²) >= 11 is 0. The van der Waals surface area contributed by atoms with Crippen LogP contribution in [0.25, 0.3) is 28.5 Å². The van der Waals surface area contributed by atoms with Crippen LogP contribution in [0, 0.1) is 0 Å². The normalized spacial score (nSPS) is 17.2. The van der Waals surface area contributed by atoms with Crippen LogP contribution in [0.1, 0.15) is 31.6 Å². The van der Waals surface area contributed by atoms with Gasteiger partial charge in [-0.1, -0.05) is 0 Å². The molecule has 4 heterocycles. The lowest BCUT2D eigenvalue weighted by Gasteiger charge is -2.18. The summed E-state index contributed by atoms with van der Waals surface area (Å²) in [4.78, 5) is 11.0. The molecule has 0 bridgehead atoms. The fraction of sp³-hybridized carbons (Fsp3) is 0.348. The molecule has 0 aromatic carbocycles. The first-order valence-corrected chi connectivity index (χ1v) is 14.8. The molecule has 0 saturated heterocycles. The Morgan fingerprint density at radius 2 is 1.81 bits per heavy atom. The van der Waals surface area contributed by atoms with Crippen molar-refractivity contribution >= 4 is 54.5 Å². The second-order valence-corrected chi connectivity index (χ2v) is 11.9. The van der Waals surface area contributed by atoms with E-state index in [1.54, 1.807) is 46.1 Å². The molecule has 196 valence electrons. The number of hydrogen-bond acceptors (Lipinski definition) is 9. The highest BCUT2D eigenvalue weighted by Gasteiger charge is 2.26. The van der Waals surface area contributed by atoms with Crippen molar-refractivity contribution in [3.8, 4) is 0 Å². The molecule has 2 aliphatic rings. The van der Waals surface area contributed by atoms with Gasteiger partial charge >= 0.3 is 11.5 Å². The summed E-state index contributed by atoms with van der Waals surface area (Å²) < 4.78 is 75.8. The minimum Gasteiger partial charge on any atom is -0.435 e. The van der Waals surface area contributed by atoms with Gasteiger partial charge in [-0.2, -0.15) is 21.8 Å².